The van der Waals surface area contributed by atoms with Gasteiger partial charge in [0.05, 0.1) is 12.5 Å². The van der Waals surface area contributed by atoms with E-state index in [2.05, 4.69) is 27.7 Å². The number of rotatable bonds is 5. The molecular formula is C17H30O2. The molecular weight excluding hydrogens is 236 g/mol. The average molecular weight is 266 g/mol. The lowest BCUT2D eigenvalue weighted by Gasteiger charge is -2.43. The van der Waals surface area contributed by atoms with Crippen LogP contribution in [0.15, 0.2) is 0 Å². The van der Waals surface area contributed by atoms with Gasteiger partial charge in [0.1, 0.15) is 0 Å². The Hall–Kier alpha value is -0.530. The number of carbonyl (C=O) groups is 1. The standard InChI is InChI=1S/C17H30O2/c1-6-12-13-9-11(15(12)17(4,5)7-2)10-14(13)16(18)19-8-3/h11-15H,6-10H2,1-5H3. The number of hydrogen-bond acceptors (Lipinski definition) is 2. The molecule has 0 aromatic carbocycles. The van der Waals surface area contributed by atoms with Gasteiger partial charge in [0.25, 0.3) is 0 Å². The van der Waals surface area contributed by atoms with E-state index in [-0.39, 0.29) is 11.9 Å². The van der Waals surface area contributed by atoms with Crippen molar-refractivity contribution in [2.45, 2.75) is 60.3 Å². The van der Waals surface area contributed by atoms with Crippen molar-refractivity contribution >= 4 is 5.97 Å². The lowest BCUT2D eigenvalue weighted by Crippen LogP contribution is -2.39. The van der Waals surface area contributed by atoms with Crippen LogP contribution in [-0.4, -0.2) is 12.6 Å². The molecule has 2 bridgehead atoms. The first-order valence-electron chi connectivity index (χ1n) is 8.12. The molecule has 2 rings (SSSR count). The summed E-state index contributed by atoms with van der Waals surface area (Å²) in [6.07, 6.45) is 4.79. The fourth-order valence-electron chi connectivity index (χ4n) is 5.02. The van der Waals surface area contributed by atoms with Crippen LogP contribution in [0, 0.1) is 35.0 Å². The Balaban J connectivity index is 2.15. The molecule has 2 fully saturated rings. The zero-order chi connectivity index (χ0) is 14.2. The van der Waals surface area contributed by atoms with Gasteiger partial charge in [-0.2, -0.15) is 0 Å². The van der Waals surface area contributed by atoms with Crippen LogP contribution in [0.1, 0.15) is 60.3 Å². The Morgan fingerprint density at radius 1 is 1.21 bits per heavy atom. The van der Waals surface area contributed by atoms with Crippen LogP contribution in [0.3, 0.4) is 0 Å². The lowest BCUT2D eigenvalue weighted by atomic mass is 9.61. The molecule has 0 spiro atoms. The lowest BCUT2D eigenvalue weighted by molar-refractivity contribution is -0.151. The number of fused-ring (bicyclic) bond motifs is 2. The van der Waals surface area contributed by atoms with Crippen molar-refractivity contribution in [3.8, 4) is 0 Å². The van der Waals surface area contributed by atoms with Crippen molar-refractivity contribution in [1.82, 2.24) is 0 Å². The smallest absolute Gasteiger partial charge is 0.309 e. The zero-order valence-electron chi connectivity index (χ0n) is 13.2. The number of ether oxygens (including phenoxy) is 1. The van der Waals surface area contributed by atoms with Gasteiger partial charge in [-0.1, -0.05) is 40.5 Å². The Morgan fingerprint density at radius 3 is 2.42 bits per heavy atom. The monoisotopic (exact) mass is 266 g/mol. The molecule has 0 aromatic rings. The maximum atomic E-state index is 12.1. The van der Waals surface area contributed by atoms with Gasteiger partial charge in [0, 0.05) is 0 Å². The largest absolute Gasteiger partial charge is 0.466 e. The van der Waals surface area contributed by atoms with Crippen molar-refractivity contribution in [2.75, 3.05) is 6.61 Å². The topological polar surface area (TPSA) is 26.3 Å². The van der Waals surface area contributed by atoms with Crippen molar-refractivity contribution in [1.29, 1.82) is 0 Å². The molecule has 0 aliphatic heterocycles. The Kier molecular flexibility index (Phi) is 4.27. The summed E-state index contributed by atoms with van der Waals surface area (Å²) in [5, 5.41) is 0. The maximum absolute atomic E-state index is 12.1. The molecule has 0 aromatic heterocycles. The predicted molar refractivity (Wildman–Crippen MR) is 77.7 cm³/mol. The molecule has 0 amide bonds. The molecule has 2 aliphatic rings. The Bertz CT molecular complexity index is 334. The molecule has 0 radical (unpaired) electrons. The SMILES string of the molecule is CCOC(=O)C1CC2CC1C(CC)C2C(C)(C)CC. The van der Waals surface area contributed by atoms with Crippen LogP contribution in [0.4, 0.5) is 0 Å². The molecule has 2 heteroatoms. The van der Waals surface area contributed by atoms with Gasteiger partial charge in [0.2, 0.25) is 0 Å². The van der Waals surface area contributed by atoms with E-state index in [9.17, 15) is 4.79 Å². The Morgan fingerprint density at radius 2 is 1.89 bits per heavy atom. The second-order valence-corrected chi connectivity index (χ2v) is 7.19. The van der Waals surface area contributed by atoms with E-state index in [0.29, 0.717) is 17.9 Å². The van der Waals surface area contributed by atoms with Crippen molar-refractivity contribution in [3.05, 3.63) is 0 Å². The van der Waals surface area contributed by atoms with E-state index in [1.165, 1.54) is 19.3 Å². The molecule has 0 N–H and O–H groups in total. The summed E-state index contributed by atoms with van der Waals surface area (Å²) in [6.45, 7) is 11.9. The second-order valence-electron chi connectivity index (χ2n) is 7.19. The number of esters is 1. The van der Waals surface area contributed by atoms with Gasteiger partial charge in [-0.3, -0.25) is 4.79 Å². The van der Waals surface area contributed by atoms with Gasteiger partial charge in [0.15, 0.2) is 0 Å². The normalized spacial score (nSPS) is 37.6. The summed E-state index contributed by atoms with van der Waals surface area (Å²) in [5.41, 5.74) is 0.416. The third-order valence-corrected chi connectivity index (χ3v) is 6.04. The summed E-state index contributed by atoms with van der Waals surface area (Å²) in [4.78, 5) is 12.1. The highest BCUT2D eigenvalue weighted by molar-refractivity contribution is 5.73. The zero-order valence-corrected chi connectivity index (χ0v) is 13.2. The van der Waals surface area contributed by atoms with Gasteiger partial charge < -0.3 is 4.74 Å². The van der Waals surface area contributed by atoms with Crippen LogP contribution >= 0.6 is 0 Å². The van der Waals surface area contributed by atoms with Gasteiger partial charge in [-0.05, 0) is 48.9 Å². The van der Waals surface area contributed by atoms with Crippen LogP contribution in [0.25, 0.3) is 0 Å². The average Bonchev–Trinajstić information content (AvgIpc) is 2.96. The molecule has 110 valence electrons. The fourth-order valence-corrected chi connectivity index (χ4v) is 5.02. The highest BCUT2D eigenvalue weighted by Crippen LogP contribution is 2.62. The number of carbonyl (C=O) groups excluding carboxylic acids is 1. The quantitative estimate of drug-likeness (QED) is 0.694. The minimum Gasteiger partial charge on any atom is -0.466 e. The first-order chi connectivity index (χ1) is 8.96. The van der Waals surface area contributed by atoms with Crippen molar-refractivity contribution in [3.63, 3.8) is 0 Å². The first-order valence-corrected chi connectivity index (χ1v) is 8.12. The molecule has 2 nitrogen and oxygen atoms in total. The molecule has 0 saturated heterocycles. The van der Waals surface area contributed by atoms with E-state index in [1.807, 2.05) is 6.92 Å². The van der Waals surface area contributed by atoms with Gasteiger partial charge in [-0.15, -0.1) is 0 Å². The molecule has 5 unspecified atom stereocenters. The summed E-state index contributed by atoms with van der Waals surface area (Å²) in [6, 6.07) is 0. The van der Waals surface area contributed by atoms with Crippen LogP contribution in [-0.2, 0) is 9.53 Å². The van der Waals surface area contributed by atoms with Crippen LogP contribution in [0.2, 0.25) is 0 Å². The highest BCUT2D eigenvalue weighted by atomic mass is 16.5. The summed E-state index contributed by atoms with van der Waals surface area (Å²) in [7, 11) is 0. The van der Waals surface area contributed by atoms with Crippen LogP contribution < -0.4 is 0 Å². The molecule has 2 aliphatic carbocycles. The maximum Gasteiger partial charge on any atom is 0.309 e. The minimum atomic E-state index is 0.0706. The molecule has 19 heavy (non-hydrogen) atoms. The fraction of sp³-hybridized carbons (Fsp3) is 0.941. The minimum absolute atomic E-state index is 0.0706. The van der Waals surface area contributed by atoms with E-state index in [0.717, 1.165) is 24.2 Å². The number of hydrogen-bond donors (Lipinski definition) is 0. The van der Waals surface area contributed by atoms with Crippen molar-refractivity contribution < 1.29 is 9.53 Å². The van der Waals surface area contributed by atoms with Gasteiger partial charge in [-0.25, -0.2) is 0 Å². The van der Waals surface area contributed by atoms with Gasteiger partial charge >= 0.3 is 5.97 Å². The third kappa shape index (κ3) is 2.43. The van der Waals surface area contributed by atoms with E-state index < -0.39 is 0 Å². The predicted octanol–water partition coefficient (Wildman–Crippen LogP) is 4.28. The molecule has 2 saturated carbocycles. The van der Waals surface area contributed by atoms with Crippen LogP contribution in [0.5, 0.6) is 0 Å². The highest BCUT2D eigenvalue weighted by Gasteiger charge is 2.57. The summed E-state index contributed by atoms with van der Waals surface area (Å²) in [5.74, 6) is 3.13. The second kappa shape index (κ2) is 5.46. The van der Waals surface area contributed by atoms with E-state index >= 15 is 0 Å². The molecule has 5 atom stereocenters. The molecule has 0 heterocycles. The van der Waals surface area contributed by atoms with Crippen molar-refractivity contribution in [2.24, 2.45) is 35.0 Å². The van der Waals surface area contributed by atoms with E-state index in [4.69, 9.17) is 4.74 Å². The van der Waals surface area contributed by atoms with E-state index in [1.54, 1.807) is 0 Å². The summed E-state index contributed by atoms with van der Waals surface area (Å²) >= 11 is 0. The first kappa shape index (κ1) is 14.9. The third-order valence-electron chi connectivity index (χ3n) is 6.04. The summed E-state index contributed by atoms with van der Waals surface area (Å²) < 4.78 is 5.28. The Labute approximate surface area is 118 Å².